The van der Waals surface area contributed by atoms with Crippen LogP contribution in [-0.4, -0.2) is 62.4 Å². The summed E-state index contributed by atoms with van der Waals surface area (Å²) in [6.07, 6.45) is 2.79. The highest BCUT2D eigenvalue weighted by Crippen LogP contribution is 2.14. The highest BCUT2D eigenvalue weighted by Gasteiger charge is 2.20. The third kappa shape index (κ3) is 4.73. The molecule has 0 spiro atoms. The van der Waals surface area contributed by atoms with Crippen LogP contribution in [0.1, 0.15) is 19.3 Å². The second-order valence-corrected chi connectivity index (χ2v) is 4.95. The Labute approximate surface area is 103 Å². The minimum absolute atomic E-state index is 0.0392. The molecule has 1 unspecified atom stereocenters. The van der Waals surface area contributed by atoms with Crippen molar-refractivity contribution in [2.75, 3.05) is 40.8 Å². The monoisotopic (exact) mass is 241 g/mol. The van der Waals surface area contributed by atoms with Gasteiger partial charge in [-0.05, 0) is 31.8 Å². The van der Waals surface area contributed by atoms with Crippen molar-refractivity contribution in [1.82, 2.24) is 15.1 Å². The minimum Gasteiger partial charge on any atom is -0.347 e. The second kappa shape index (κ2) is 6.59. The largest absolute Gasteiger partial charge is 0.347 e. The number of piperidine rings is 1. The van der Waals surface area contributed by atoms with Crippen molar-refractivity contribution in [2.24, 2.45) is 5.92 Å². The summed E-state index contributed by atoms with van der Waals surface area (Å²) in [6, 6.07) is 0. The molecule has 0 aliphatic carbocycles. The van der Waals surface area contributed by atoms with Crippen molar-refractivity contribution >= 4 is 11.8 Å². The van der Waals surface area contributed by atoms with Crippen LogP contribution in [0.2, 0.25) is 0 Å². The molecule has 1 heterocycles. The highest BCUT2D eigenvalue weighted by atomic mass is 16.2. The minimum atomic E-state index is -0.0392. The zero-order chi connectivity index (χ0) is 12.8. The fourth-order valence-electron chi connectivity index (χ4n) is 1.93. The van der Waals surface area contributed by atoms with Crippen molar-refractivity contribution in [3.05, 3.63) is 0 Å². The maximum absolute atomic E-state index is 11.9. The van der Waals surface area contributed by atoms with Crippen molar-refractivity contribution in [1.29, 1.82) is 0 Å². The number of carbonyl (C=O) groups excluding carboxylic acids is 2. The maximum atomic E-state index is 11.9. The molecule has 5 heteroatoms. The molecule has 0 saturated carbocycles. The van der Waals surface area contributed by atoms with Gasteiger partial charge >= 0.3 is 0 Å². The smallest absolute Gasteiger partial charge is 0.241 e. The Morgan fingerprint density at radius 1 is 1.24 bits per heavy atom. The van der Waals surface area contributed by atoms with Crippen LogP contribution >= 0.6 is 0 Å². The first-order valence-electron chi connectivity index (χ1n) is 6.15. The van der Waals surface area contributed by atoms with Crippen LogP contribution in [0.15, 0.2) is 0 Å². The Balaban J connectivity index is 2.33. The number of hydrogen-bond donors (Lipinski definition) is 1. The first-order chi connectivity index (χ1) is 8.00. The van der Waals surface area contributed by atoms with E-state index in [2.05, 4.69) is 5.32 Å². The van der Waals surface area contributed by atoms with E-state index in [0.29, 0.717) is 12.3 Å². The Morgan fingerprint density at radius 3 is 2.47 bits per heavy atom. The molecule has 17 heavy (non-hydrogen) atoms. The van der Waals surface area contributed by atoms with Gasteiger partial charge in [-0.1, -0.05) is 0 Å². The summed E-state index contributed by atoms with van der Waals surface area (Å²) in [5, 5.41) is 3.29. The molecular formula is C12H23N3O2. The van der Waals surface area contributed by atoms with Gasteiger partial charge in [0.1, 0.15) is 0 Å². The van der Waals surface area contributed by atoms with E-state index in [-0.39, 0.29) is 18.4 Å². The Bertz CT molecular complexity index is 273. The lowest BCUT2D eigenvalue weighted by Crippen LogP contribution is -2.40. The van der Waals surface area contributed by atoms with Gasteiger partial charge in [0.05, 0.1) is 6.54 Å². The Hall–Kier alpha value is -1.10. The molecule has 0 aromatic heterocycles. The summed E-state index contributed by atoms with van der Waals surface area (Å²) >= 11 is 0. The van der Waals surface area contributed by atoms with E-state index in [1.54, 1.807) is 21.1 Å². The van der Waals surface area contributed by atoms with E-state index in [1.807, 2.05) is 0 Å². The predicted molar refractivity (Wildman–Crippen MR) is 66.5 cm³/mol. The molecule has 1 aliphatic rings. The van der Waals surface area contributed by atoms with E-state index < -0.39 is 0 Å². The van der Waals surface area contributed by atoms with E-state index in [0.717, 1.165) is 25.9 Å². The zero-order valence-corrected chi connectivity index (χ0v) is 11.0. The number of carbonyl (C=O) groups is 2. The highest BCUT2D eigenvalue weighted by molar-refractivity contribution is 5.84. The number of nitrogens with one attached hydrogen (secondary N) is 1. The number of nitrogens with zero attached hydrogens (tertiary/aromatic N) is 2. The van der Waals surface area contributed by atoms with Crippen LogP contribution in [-0.2, 0) is 9.59 Å². The fourth-order valence-corrected chi connectivity index (χ4v) is 1.93. The molecule has 98 valence electrons. The van der Waals surface area contributed by atoms with Crippen molar-refractivity contribution in [3.8, 4) is 0 Å². The fraction of sp³-hybridized carbons (Fsp3) is 0.833. The van der Waals surface area contributed by atoms with Gasteiger partial charge < -0.3 is 15.1 Å². The third-order valence-electron chi connectivity index (χ3n) is 3.16. The molecule has 1 fully saturated rings. The molecule has 1 rings (SSSR count). The summed E-state index contributed by atoms with van der Waals surface area (Å²) < 4.78 is 0. The van der Waals surface area contributed by atoms with Gasteiger partial charge in [0.2, 0.25) is 11.8 Å². The molecular weight excluding hydrogens is 218 g/mol. The van der Waals surface area contributed by atoms with Gasteiger partial charge in [0.25, 0.3) is 0 Å². The summed E-state index contributed by atoms with van der Waals surface area (Å²) in [4.78, 5) is 26.4. The number of likely N-dealkylation sites (N-methyl/N-ethyl adjacent to an activating group) is 2. The van der Waals surface area contributed by atoms with Gasteiger partial charge in [-0.2, -0.15) is 0 Å². The maximum Gasteiger partial charge on any atom is 0.241 e. The summed E-state index contributed by atoms with van der Waals surface area (Å²) in [5.41, 5.74) is 0. The SMILES string of the molecule is CN(C)C(=O)CN(C)C(=O)CC1CCCNC1. The van der Waals surface area contributed by atoms with E-state index in [1.165, 1.54) is 9.80 Å². The van der Waals surface area contributed by atoms with Crippen LogP contribution in [0.25, 0.3) is 0 Å². The topological polar surface area (TPSA) is 52.7 Å². The molecule has 0 bridgehead atoms. The first-order valence-corrected chi connectivity index (χ1v) is 6.15. The summed E-state index contributed by atoms with van der Waals surface area (Å²) in [6.45, 7) is 2.15. The van der Waals surface area contributed by atoms with Gasteiger partial charge in [0.15, 0.2) is 0 Å². The average molecular weight is 241 g/mol. The number of hydrogen-bond acceptors (Lipinski definition) is 3. The Morgan fingerprint density at radius 2 is 1.94 bits per heavy atom. The van der Waals surface area contributed by atoms with Crippen molar-refractivity contribution in [2.45, 2.75) is 19.3 Å². The van der Waals surface area contributed by atoms with Crippen molar-refractivity contribution in [3.63, 3.8) is 0 Å². The molecule has 0 aromatic rings. The second-order valence-electron chi connectivity index (χ2n) is 4.95. The van der Waals surface area contributed by atoms with E-state index in [9.17, 15) is 9.59 Å². The molecule has 1 N–H and O–H groups in total. The van der Waals surface area contributed by atoms with Gasteiger partial charge in [0, 0.05) is 27.6 Å². The summed E-state index contributed by atoms with van der Waals surface area (Å²) in [5.74, 6) is 0.449. The average Bonchev–Trinajstić information content (AvgIpc) is 2.29. The third-order valence-corrected chi connectivity index (χ3v) is 3.16. The standard InChI is InChI=1S/C12H23N3O2/c1-14(2)12(17)9-15(3)11(16)7-10-5-4-6-13-8-10/h10,13H,4-9H2,1-3H3. The lowest BCUT2D eigenvalue weighted by Gasteiger charge is -2.25. The van der Waals surface area contributed by atoms with Crippen LogP contribution < -0.4 is 5.32 Å². The van der Waals surface area contributed by atoms with Crippen LogP contribution in [0.5, 0.6) is 0 Å². The van der Waals surface area contributed by atoms with Gasteiger partial charge in [-0.3, -0.25) is 9.59 Å². The number of amides is 2. The molecule has 5 nitrogen and oxygen atoms in total. The van der Waals surface area contributed by atoms with Gasteiger partial charge in [-0.25, -0.2) is 0 Å². The first kappa shape index (κ1) is 14.0. The lowest BCUT2D eigenvalue weighted by molar-refractivity contribution is -0.138. The van der Waals surface area contributed by atoms with E-state index in [4.69, 9.17) is 0 Å². The quantitative estimate of drug-likeness (QED) is 0.749. The molecule has 1 saturated heterocycles. The molecule has 2 amide bonds. The normalized spacial score (nSPS) is 19.8. The Kier molecular flexibility index (Phi) is 5.41. The van der Waals surface area contributed by atoms with Crippen LogP contribution in [0, 0.1) is 5.92 Å². The number of rotatable bonds is 4. The van der Waals surface area contributed by atoms with Gasteiger partial charge in [-0.15, -0.1) is 0 Å². The predicted octanol–water partition coefficient (Wildman–Crippen LogP) is -0.0773. The molecule has 0 radical (unpaired) electrons. The molecule has 1 aliphatic heterocycles. The van der Waals surface area contributed by atoms with Crippen LogP contribution in [0.4, 0.5) is 0 Å². The van der Waals surface area contributed by atoms with Crippen molar-refractivity contribution < 1.29 is 9.59 Å². The molecule has 0 aromatic carbocycles. The van der Waals surface area contributed by atoms with Crippen LogP contribution in [0.3, 0.4) is 0 Å². The summed E-state index contributed by atoms with van der Waals surface area (Å²) in [7, 11) is 5.09. The lowest BCUT2D eigenvalue weighted by atomic mass is 9.96. The van der Waals surface area contributed by atoms with E-state index >= 15 is 0 Å². The zero-order valence-electron chi connectivity index (χ0n) is 11.0. The molecule has 1 atom stereocenters.